The molecule has 0 radical (unpaired) electrons. The molecule has 12 heteroatoms. The monoisotopic (exact) mass is 630 g/mol. The molecule has 3 aromatic heterocycles. The summed E-state index contributed by atoms with van der Waals surface area (Å²) in [5, 5.41) is 5.06. The second-order valence-electron chi connectivity index (χ2n) is 11.0. The second kappa shape index (κ2) is 11.5. The van der Waals surface area contributed by atoms with Crippen LogP contribution in [0.15, 0.2) is 70.0 Å². The number of thiophene rings is 1. The first-order valence-electron chi connectivity index (χ1n) is 14.4. The van der Waals surface area contributed by atoms with Crippen LogP contribution in [0.2, 0.25) is 0 Å². The van der Waals surface area contributed by atoms with Gasteiger partial charge in [-0.1, -0.05) is 18.2 Å². The molecule has 0 bridgehead atoms. The summed E-state index contributed by atoms with van der Waals surface area (Å²) < 4.78 is 46.1. The number of aryl methyl sites for hydroxylation is 2. The fourth-order valence-corrected chi connectivity index (χ4v) is 7.06. The largest absolute Gasteiger partial charge is 0.378 e. The normalized spacial score (nSPS) is 15.4. The van der Waals surface area contributed by atoms with Gasteiger partial charge in [0.05, 0.1) is 39.5 Å². The van der Waals surface area contributed by atoms with E-state index in [1.54, 1.807) is 24.3 Å². The minimum Gasteiger partial charge on any atom is -0.378 e. The Balaban J connectivity index is 1.31. The quantitative estimate of drug-likeness (QED) is 0.213. The predicted octanol–water partition coefficient (Wildman–Crippen LogP) is 6.18. The summed E-state index contributed by atoms with van der Waals surface area (Å²) >= 11 is 1.16. The molecule has 1 fully saturated rings. The molecule has 2 aliphatic heterocycles. The summed E-state index contributed by atoms with van der Waals surface area (Å²) in [6.07, 6.45) is 2.54. The maximum Gasteiger partial charge on any atom is 0.280 e. The van der Waals surface area contributed by atoms with Gasteiger partial charge in [0.1, 0.15) is 5.82 Å². The molecule has 7 rings (SSSR count). The zero-order chi connectivity index (χ0) is 31.2. The van der Waals surface area contributed by atoms with Crippen LogP contribution in [0.3, 0.4) is 0 Å². The van der Waals surface area contributed by atoms with Crippen molar-refractivity contribution in [2.24, 2.45) is 0 Å². The van der Waals surface area contributed by atoms with E-state index in [0.29, 0.717) is 62.8 Å². The third kappa shape index (κ3) is 5.35. The van der Waals surface area contributed by atoms with Crippen molar-refractivity contribution in [3.8, 4) is 21.8 Å². The lowest BCUT2D eigenvalue weighted by Gasteiger charge is -2.16. The third-order valence-corrected chi connectivity index (χ3v) is 9.29. The number of fused-ring (bicyclic) bond motifs is 3. The molecule has 2 N–H and O–H groups in total. The number of carbonyl (C=O) groups excluding carboxylic acids is 2. The molecule has 1 atom stereocenters. The summed E-state index contributed by atoms with van der Waals surface area (Å²) in [7, 11) is 0. The molecule has 0 unspecified atom stereocenters. The molecule has 8 nitrogen and oxygen atoms in total. The molecule has 1 saturated heterocycles. The molecule has 45 heavy (non-hydrogen) atoms. The molecular weight excluding hydrogens is 605 g/mol. The number of aromatic nitrogens is 2. The van der Waals surface area contributed by atoms with Crippen LogP contribution >= 0.6 is 11.3 Å². The summed E-state index contributed by atoms with van der Waals surface area (Å²) in [5.41, 5.74) is 3.50. The molecule has 0 saturated carbocycles. The number of nitrogens with zero attached hydrogens (tertiary/aromatic N) is 2. The van der Waals surface area contributed by atoms with E-state index in [2.05, 4.69) is 10.5 Å². The van der Waals surface area contributed by atoms with Gasteiger partial charge in [-0.25, -0.2) is 13.2 Å². The van der Waals surface area contributed by atoms with E-state index >= 15 is 0 Å². The number of rotatable bonds is 8. The van der Waals surface area contributed by atoms with Gasteiger partial charge in [-0.3, -0.25) is 19.4 Å². The highest BCUT2D eigenvalue weighted by Crippen LogP contribution is 2.49. The number of nitrogens with one attached hydrogen (secondary N) is 2. The van der Waals surface area contributed by atoms with Crippen molar-refractivity contribution in [3.63, 3.8) is 0 Å². The Bertz CT molecular complexity index is 2020. The highest BCUT2D eigenvalue weighted by Gasteiger charge is 2.44. The first-order valence-corrected chi connectivity index (χ1v) is 15.2. The Hall–Kier alpha value is -4.97. The number of H-pyrrole nitrogens is 1. The summed E-state index contributed by atoms with van der Waals surface area (Å²) in [6, 6.07) is 14.1. The number of benzene rings is 2. The van der Waals surface area contributed by atoms with E-state index in [9.17, 15) is 27.6 Å². The molecule has 5 aromatic rings. The lowest BCUT2D eigenvalue weighted by molar-refractivity contribution is 0.0776. The Morgan fingerprint density at radius 2 is 1.76 bits per heavy atom. The molecule has 0 aliphatic carbocycles. The van der Waals surface area contributed by atoms with Crippen LogP contribution in [0.25, 0.3) is 21.8 Å². The van der Waals surface area contributed by atoms with Crippen molar-refractivity contribution in [2.45, 2.75) is 38.3 Å². The summed E-state index contributed by atoms with van der Waals surface area (Å²) in [5.74, 6) is -2.71. The fraction of sp³-hybridized carbons (Fsp3) is 0.212. The maximum atomic E-state index is 13.9. The Labute approximate surface area is 258 Å². The predicted molar refractivity (Wildman–Crippen MR) is 160 cm³/mol. The number of pyridine rings is 1. The first-order chi connectivity index (χ1) is 21.8. The van der Waals surface area contributed by atoms with Crippen molar-refractivity contribution in [3.05, 3.63) is 121 Å². The number of aromatic amines is 1. The van der Waals surface area contributed by atoms with Crippen LogP contribution in [0, 0.1) is 17.5 Å². The molecule has 2 aromatic carbocycles. The van der Waals surface area contributed by atoms with Crippen molar-refractivity contribution >= 4 is 23.2 Å². The number of carbonyl (C=O) groups is 2. The average Bonchev–Trinajstić information content (AvgIpc) is 3.84. The van der Waals surface area contributed by atoms with E-state index in [-0.39, 0.29) is 30.1 Å². The standard InChI is InChI=1S/C33H25F3N4O4S/c34-19-7-3-17(4-8-19)6-10-22-28(24-15-27(41)39-44-24)29(30-31(38-22)23-2-1-13-40(23)33(30)43)25-11-12-26(45-25)32(42)37-16-18-5-9-20(35)21(36)14-18/h3-5,7-9,11-12,14-15,23H,1-2,6,10,13,16H2,(H,37,42)(H,39,41)/t23-/m1/s1. The van der Waals surface area contributed by atoms with E-state index in [4.69, 9.17) is 9.51 Å². The van der Waals surface area contributed by atoms with Gasteiger partial charge in [-0.15, -0.1) is 11.3 Å². The van der Waals surface area contributed by atoms with E-state index in [1.807, 2.05) is 4.90 Å². The Morgan fingerprint density at radius 1 is 0.956 bits per heavy atom. The van der Waals surface area contributed by atoms with Crippen LogP contribution in [-0.2, 0) is 19.4 Å². The van der Waals surface area contributed by atoms with E-state index in [1.165, 1.54) is 24.3 Å². The topological polar surface area (TPSA) is 108 Å². The highest BCUT2D eigenvalue weighted by atomic mass is 32.1. The molecule has 2 aliphatic rings. The van der Waals surface area contributed by atoms with Crippen LogP contribution < -0.4 is 10.9 Å². The van der Waals surface area contributed by atoms with Crippen LogP contribution in [0.4, 0.5) is 13.2 Å². The van der Waals surface area contributed by atoms with Crippen LogP contribution in [0.5, 0.6) is 0 Å². The molecule has 5 heterocycles. The van der Waals surface area contributed by atoms with E-state index < -0.39 is 23.1 Å². The SMILES string of the molecule is O=C(NCc1ccc(F)c(F)c1)c1ccc(-c2c3c(nc(CCc4ccc(F)cc4)c2-c2cc(=O)[nH]o2)[C@H]2CCCN2C3=O)s1. The zero-order valence-electron chi connectivity index (χ0n) is 23.7. The van der Waals surface area contributed by atoms with Gasteiger partial charge >= 0.3 is 0 Å². The average molecular weight is 631 g/mol. The number of hydrogen-bond acceptors (Lipinski definition) is 6. The summed E-state index contributed by atoms with van der Waals surface area (Å²) in [6.45, 7) is 0.581. The van der Waals surface area contributed by atoms with Crippen molar-refractivity contribution in [2.75, 3.05) is 6.54 Å². The summed E-state index contributed by atoms with van der Waals surface area (Å²) in [4.78, 5) is 47.0. The van der Waals surface area contributed by atoms with Crippen LogP contribution in [0.1, 0.15) is 61.4 Å². The number of hydrogen-bond donors (Lipinski definition) is 2. The second-order valence-corrected chi connectivity index (χ2v) is 12.1. The fourth-order valence-electron chi connectivity index (χ4n) is 6.08. The Kier molecular flexibility index (Phi) is 7.36. The van der Waals surface area contributed by atoms with Crippen molar-refractivity contribution in [1.82, 2.24) is 20.4 Å². The Morgan fingerprint density at radius 3 is 2.51 bits per heavy atom. The lowest BCUT2D eigenvalue weighted by atomic mass is 9.92. The van der Waals surface area contributed by atoms with Crippen LogP contribution in [-0.4, -0.2) is 33.4 Å². The maximum absolute atomic E-state index is 13.9. The van der Waals surface area contributed by atoms with E-state index in [0.717, 1.165) is 41.9 Å². The van der Waals surface area contributed by atoms with Crippen molar-refractivity contribution < 1.29 is 27.3 Å². The number of amides is 2. The minimum absolute atomic E-state index is 0.0175. The molecular formula is C33H25F3N4O4S. The highest BCUT2D eigenvalue weighted by molar-refractivity contribution is 7.17. The van der Waals surface area contributed by atoms with Gasteiger partial charge in [0.15, 0.2) is 17.4 Å². The van der Waals surface area contributed by atoms with Crippen molar-refractivity contribution in [1.29, 1.82) is 0 Å². The first kappa shape index (κ1) is 28.8. The van der Waals surface area contributed by atoms with Gasteiger partial charge in [0.2, 0.25) is 0 Å². The van der Waals surface area contributed by atoms with Gasteiger partial charge in [-0.2, -0.15) is 5.16 Å². The number of halogens is 3. The molecule has 228 valence electrons. The lowest BCUT2D eigenvalue weighted by Crippen LogP contribution is -2.22. The molecule has 2 amide bonds. The van der Waals surface area contributed by atoms with Gasteiger partial charge < -0.3 is 14.7 Å². The van der Waals surface area contributed by atoms with Gasteiger partial charge in [0, 0.05) is 23.5 Å². The smallest absolute Gasteiger partial charge is 0.280 e. The minimum atomic E-state index is -1.00. The van der Waals surface area contributed by atoms with Gasteiger partial charge in [0.25, 0.3) is 17.4 Å². The molecule has 0 spiro atoms. The third-order valence-electron chi connectivity index (χ3n) is 8.19. The van der Waals surface area contributed by atoms with Gasteiger partial charge in [-0.05, 0) is 73.2 Å². The zero-order valence-corrected chi connectivity index (χ0v) is 24.5.